The van der Waals surface area contributed by atoms with Gasteiger partial charge in [0.1, 0.15) is 5.75 Å². The van der Waals surface area contributed by atoms with E-state index >= 15 is 0 Å². The molecule has 1 aromatic heterocycles. The predicted molar refractivity (Wildman–Crippen MR) is 83.5 cm³/mol. The van der Waals surface area contributed by atoms with Gasteiger partial charge in [0.25, 0.3) is 0 Å². The summed E-state index contributed by atoms with van der Waals surface area (Å²) in [6, 6.07) is 7.90. The lowest BCUT2D eigenvalue weighted by atomic mass is 9.99. The summed E-state index contributed by atoms with van der Waals surface area (Å²) in [4.78, 5) is 0. The van der Waals surface area contributed by atoms with Gasteiger partial charge in [-0.05, 0) is 56.5 Å². The van der Waals surface area contributed by atoms with Gasteiger partial charge in [-0.3, -0.25) is 0 Å². The van der Waals surface area contributed by atoms with Gasteiger partial charge in [0.2, 0.25) is 0 Å². The fourth-order valence-corrected chi connectivity index (χ4v) is 4.76. The molecule has 0 amide bonds. The number of benzene rings is 1. The van der Waals surface area contributed by atoms with E-state index in [1.807, 2.05) is 25.1 Å². The number of nitrogens with two attached hydrogens (primary N) is 1. The predicted octanol–water partition coefficient (Wildman–Crippen LogP) is 4.64. The highest BCUT2D eigenvalue weighted by molar-refractivity contribution is 9.12. The first-order chi connectivity index (χ1) is 8.52. The standard InChI is InChI=1S/C13H13Br2NOS/c1-7-3-4-10(17-2)8(5-7)12(16)9-6-11(14)18-13(9)15/h3-6,12H,16H2,1-2H3. The molecule has 0 saturated heterocycles. The number of aryl methyl sites for hydroxylation is 1. The first-order valence-electron chi connectivity index (χ1n) is 5.37. The van der Waals surface area contributed by atoms with Crippen molar-refractivity contribution in [3.8, 4) is 5.75 Å². The maximum atomic E-state index is 6.35. The Hall–Kier alpha value is -0.360. The van der Waals surface area contributed by atoms with Crippen molar-refractivity contribution in [2.75, 3.05) is 7.11 Å². The van der Waals surface area contributed by atoms with Gasteiger partial charge in [-0.15, -0.1) is 11.3 Å². The first-order valence-corrected chi connectivity index (χ1v) is 7.78. The average Bonchev–Trinajstić information content (AvgIpc) is 2.67. The molecule has 0 aliphatic rings. The lowest BCUT2D eigenvalue weighted by Gasteiger charge is -2.16. The maximum Gasteiger partial charge on any atom is 0.123 e. The largest absolute Gasteiger partial charge is 0.496 e. The second-order valence-electron chi connectivity index (χ2n) is 4.00. The van der Waals surface area contributed by atoms with Crippen LogP contribution in [-0.4, -0.2) is 7.11 Å². The highest BCUT2D eigenvalue weighted by Gasteiger charge is 2.18. The third kappa shape index (κ3) is 2.79. The van der Waals surface area contributed by atoms with Gasteiger partial charge in [-0.1, -0.05) is 17.7 Å². The smallest absolute Gasteiger partial charge is 0.123 e. The Bertz CT molecular complexity index is 568. The van der Waals surface area contributed by atoms with Crippen LogP contribution < -0.4 is 10.5 Å². The van der Waals surface area contributed by atoms with Gasteiger partial charge in [0, 0.05) is 5.56 Å². The van der Waals surface area contributed by atoms with Gasteiger partial charge in [0.05, 0.1) is 20.7 Å². The van der Waals surface area contributed by atoms with E-state index in [0.717, 1.165) is 24.4 Å². The molecule has 96 valence electrons. The van der Waals surface area contributed by atoms with Crippen molar-refractivity contribution in [3.63, 3.8) is 0 Å². The normalized spacial score (nSPS) is 12.5. The number of methoxy groups -OCH3 is 1. The summed E-state index contributed by atoms with van der Waals surface area (Å²) in [7, 11) is 1.67. The summed E-state index contributed by atoms with van der Waals surface area (Å²) >= 11 is 8.65. The Labute approximate surface area is 127 Å². The van der Waals surface area contributed by atoms with E-state index in [-0.39, 0.29) is 6.04 Å². The van der Waals surface area contributed by atoms with Crippen LogP contribution in [0.15, 0.2) is 31.8 Å². The van der Waals surface area contributed by atoms with E-state index < -0.39 is 0 Å². The van der Waals surface area contributed by atoms with Crippen molar-refractivity contribution >= 4 is 43.2 Å². The van der Waals surface area contributed by atoms with E-state index in [1.165, 1.54) is 5.56 Å². The minimum absolute atomic E-state index is 0.197. The van der Waals surface area contributed by atoms with E-state index in [0.29, 0.717) is 0 Å². The monoisotopic (exact) mass is 389 g/mol. The first kappa shape index (κ1) is 14.1. The molecule has 2 aromatic rings. The summed E-state index contributed by atoms with van der Waals surface area (Å²) < 4.78 is 7.49. The summed E-state index contributed by atoms with van der Waals surface area (Å²) in [5.41, 5.74) is 9.59. The lowest BCUT2D eigenvalue weighted by molar-refractivity contribution is 0.407. The molecule has 0 aliphatic heterocycles. The Balaban J connectivity index is 2.48. The van der Waals surface area contributed by atoms with Gasteiger partial charge in [-0.2, -0.15) is 0 Å². The number of halogens is 2. The molecule has 0 spiro atoms. The fraction of sp³-hybridized carbons (Fsp3) is 0.231. The quantitative estimate of drug-likeness (QED) is 0.828. The molecule has 2 rings (SSSR count). The van der Waals surface area contributed by atoms with Crippen molar-refractivity contribution in [3.05, 3.63) is 48.5 Å². The van der Waals surface area contributed by atoms with Crippen molar-refractivity contribution in [2.45, 2.75) is 13.0 Å². The molecular weight excluding hydrogens is 378 g/mol. The SMILES string of the molecule is COc1ccc(C)cc1C(N)c1cc(Br)sc1Br. The van der Waals surface area contributed by atoms with Gasteiger partial charge >= 0.3 is 0 Å². The molecular formula is C13H13Br2NOS. The van der Waals surface area contributed by atoms with E-state index in [2.05, 4.69) is 37.9 Å². The summed E-state index contributed by atoms with van der Waals surface area (Å²) in [5, 5.41) is 0. The topological polar surface area (TPSA) is 35.2 Å². The number of thiophene rings is 1. The van der Waals surface area contributed by atoms with Crippen molar-refractivity contribution in [1.29, 1.82) is 0 Å². The zero-order valence-electron chi connectivity index (χ0n) is 10.0. The van der Waals surface area contributed by atoms with Crippen LogP contribution in [0, 0.1) is 6.92 Å². The second-order valence-corrected chi connectivity index (χ2v) is 7.75. The zero-order valence-corrected chi connectivity index (χ0v) is 14.0. The van der Waals surface area contributed by atoms with Gasteiger partial charge < -0.3 is 10.5 Å². The molecule has 18 heavy (non-hydrogen) atoms. The van der Waals surface area contributed by atoms with Crippen molar-refractivity contribution < 1.29 is 4.74 Å². The molecule has 0 aliphatic carbocycles. The molecule has 2 N–H and O–H groups in total. The number of rotatable bonds is 3. The molecule has 0 saturated carbocycles. The van der Waals surface area contributed by atoms with Gasteiger partial charge in [-0.25, -0.2) is 0 Å². The highest BCUT2D eigenvalue weighted by Crippen LogP contribution is 2.39. The van der Waals surface area contributed by atoms with Crippen molar-refractivity contribution in [2.24, 2.45) is 5.73 Å². The number of hydrogen-bond donors (Lipinski definition) is 1. The summed E-state index contributed by atoms with van der Waals surface area (Å²) in [6.07, 6.45) is 0. The highest BCUT2D eigenvalue weighted by atomic mass is 79.9. The van der Waals surface area contributed by atoms with Crippen LogP contribution in [0.25, 0.3) is 0 Å². The molecule has 0 bridgehead atoms. The molecule has 1 unspecified atom stereocenters. The third-order valence-electron chi connectivity index (χ3n) is 2.74. The summed E-state index contributed by atoms with van der Waals surface area (Å²) in [6.45, 7) is 2.05. The molecule has 2 nitrogen and oxygen atoms in total. The Morgan fingerprint density at radius 2 is 1.94 bits per heavy atom. The van der Waals surface area contributed by atoms with Crippen LogP contribution in [0.2, 0.25) is 0 Å². The van der Waals surface area contributed by atoms with Gasteiger partial charge in [0.15, 0.2) is 0 Å². The van der Waals surface area contributed by atoms with E-state index in [9.17, 15) is 0 Å². The molecule has 5 heteroatoms. The minimum Gasteiger partial charge on any atom is -0.496 e. The average molecular weight is 391 g/mol. The maximum absolute atomic E-state index is 6.35. The lowest BCUT2D eigenvalue weighted by Crippen LogP contribution is -2.13. The minimum atomic E-state index is -0.197. The Morgan fingerprint density at radius 1 is 1.22 bits per heavy atom. The molecule has 1 aromatic carbocycles. The number of hydrogen-bond acceptors (Lipinski definition) is 3. The molecule has 0 fully saturated rings. The van der Waals surface area contributed by atoms with Crippen LogP contribution >= 0.6 is 43.2 Å². The molecule has 0 radical (unpaired) electrons. The van der Waals surface area contributed by atoms with Crippen molar-refractivity contribution in [1.82, 2.24) is 0 Å². The fourth-order valence-electron chi connectivity index (χ4n) is 1.83. The van der Waals surface area contributed by atoms with Crippen LogP contribution in [0.3, 0.4) is 0 Å². The van der Waals surface area contributed by atoms with Crippen LogP contribution in [-0.2, 0) is 0 Å². The van der Waals surface area contributed by atoms with E-state index in [1.54, 1.807) is 18.4 Å². The third-order valence-corrected chi connectivity index (χ3v) is 5.12. The Kier molecular flexibility index (Phi) is 4.48. The van der Waals surface area contributed by atoms with Crippen LogP contribution in [0.4, 0.5) is 0 Å². The summed E-state index contributed by atoms with van der Waals surface area (Å²) in [5.74, 6) is 0.822. The molecule has 1 heterocycles. The second kappa shape index (κ2) is 5.74. The zero-order chi connectivity index (χ0) is 13.3. The van der Waals surface area contributed by atoms with Crippen LogP contribution in [0.1, 0.15) is 22.7 Å². The van der Waals surface area contributed by atoms with E-state index in [4.69, 9.17) is 10.5 Å². The molecule has 1 atom stereocenters. The Morgan fingerprint density at radius 3 is 2.50 bits per heavy atom. The number of ether oxygens (including phenoxy) is 1. The van der Waals surface area contributed by atoms with Crippen LogP contribution in [0.5, 0.6) is 5.75 Å².